The molecule has 2 rings (SSSR count). The minimum absolute atomic E-state index is 0.0247. The molecule has 0 radical (unpaired) electrons. The molecule has 1 heterocycles. The van der Waals surface area contributed by atoms with Gasteiger partial charge in [0.25, 0.3) is 0 Å². The zero-order chi connectivity index (χ0) is 19.5. The molecule has 144 valence electrons. The molecule has 1 aromatic carbocycles. The van der Waals surface area contributed by atoms with Gasteiger partial charge in [-0.05, 0) is 18.2 Å². The first-order chi connectivity index (χ1) is 12.0. The number of halogens is 3. The Morgan fingerprint density at radius 3 is 2.65 bits per heavy atom. The molecule has 2 N–H and O–H groups in total. The molecule has 1 saturated heterocycles. The highest BCUT2D eigenvalue weighted by Crippen LogP contribution is 2.30. The number of alkyl halides is 3. The van der Waals surface area contributed by atoms with Crippen molar-refractivity contribution in [1.29, 1.82) is 0 Å². The molecule has 1 aliphatic rings. The molecule has 0 saturated carbocycles. The number of sulfonamides is 1. The van der Waals surface area contributed by atoms with Gasteiger partial charge in [0, 0.05) is 6.54 Å². The summed E-state index contributed by atoms with van der Waals surface area (Å²) in [5.74, 6) is -1.97. The number of nitrogens with zero attached hydrogens (tertiary/aromatic N) is 1. The Balaban J connectivity index is 2.04. The SMILES string of the molecule is O=C(O)C1CN(C(=O)CNS(=O)(=O)c2cccc(C(F)(F)F)c2)CCO1. The third-order valence-corrected chi connectivity index (χ3v) is 4.98. The van der Waals surface area contributed by atoms with E-state index >= 15 is 0 Å². The van der Waals surface area contributed by atoms with E-state index in [0.717, 1.165) is 23.1 Å². The summed E-state index contributed by atoms with van der Waals surface area (Å²) in [6, 6.07) is 3.10. The van der Waals surface area contributed by atoms with E-state index in [2.05, 4.69) is 0 Å². The molecule has 1 fully saturated rings. The molecule has 1 aliphatic heterocycles. The first kappa shape index (κ1) is 20.1. The van der Waals surface area contributed by atoms with Gasteiger partial charge < -0.3 is 14.7 Å². The molecular weight excluding hydrogens is 381 g/mol. The summed E-state index contributed by atoms with van der Waals surface area (Å²) < 4.78 is 69.1. The van der Waals surface area contributed by atoms with Gasteiger partial charge in [0.1, 0.15) is 0 Å². The topological polar surface area (TPSA) is 113 Å². The van der Waals surface area contributed by atoms with Crippen molar-refractivity contribution >= 4 is 21.9 Å². The number of amides is 1. The first-order valence-corrected chi connectivity index (χ1v) is 8.78. The average molecular weight is 396 g/mol. The molecule has 0 aromatic heterocycles. The highest BCUT2D eigenvalue weighted by atomic mass is 32.2. The maximum Gasteiger partial charge on any atom is 0.416 e. The van der Waals surface area contributed by atoms with E-state index in [9.17, 15) is 31.2 Å². The van der Waals surface area contributed by atoms with Crippen LogP contribution >= 0.6 is 0 Å². The van der Waals surface area contributed by atoms with E-state index in [-0.39, 0.29) is 19.7 Å². The number of rotatable bonds is 5. The lowest BCUT2D eigenvalue weighted by molar-refractivity contribution is -0.159. The lowest BCUT2D eigenvalue weighted by atomic mass is 10.2. The van der Waals surface area contributed by atoms with Gasteiger partial charge in [-0.15, -0.1) is 0 Å². The number of benzene rings is 1. The molecule has 0 aliphatic carbocycles. The first-order valence-electron chi connectivity index (χ1n) is 7.30. The van der Waals surface area contributed by atoms with Gasteiger partial charge in [-0.2, -0.15) is 13.2 Å². The molecule has 8 nitrogen and oxygen atoms in total. The van der Waals surface area contributed by atoms with Crippen molar-refractivity contribution in [2.75, 3.05) is 26.2 Å². The summed E-state index contributed by atoms with van der Waals surface area (Å²) in [6.45, 7) is -0.915. The van der Waals surface area contributed by atoms with Crippen LogP contribution < -0.4 is 4.72 Å². The van der Waals surface area contributed by atoms with E-state index in [1.807, 2.05) is 4.72 Å². The third kappa shape index (κ3) is 4.93. The number of hydrogen-bond acceptors (Lipinski definition) is 5. The summed E-state index contributed by atoms with van der Waals surface area (Å²) in [5, 5.41) is 8.87. The summed E-state index contributed by atoms with van der Waals surface area (Å²) >= 11 is 0. The Labute approximate surface area is 146 Å². The molecule has 1 unspecified atom stereocenters. The predicted octanol–water partition coefficient (Wildman–Crippen LogP) is 0.296. The average Bonchev–Trinajstić information content (AvgIpc) is 2.59. The maximum absolute atomic E-state index is 12.7. The van der Waals surface area contributed by atoms with Crippen molar-refractivity contribution in [2.45, 2.75) is 17.2 Å². The number of carboxylic acids is 1. The van der Waals surface area contributed by atoms with Crippen molar-refractivity contribution in [1.82, 2.24) is 9.62 Å². The van der Waals surface area contributed by atoms with Crippen LogP contribution in [0, 0.1) is 0 Å². The lowest BCUT2D eigenvalue weighted by Gasteiger charge is -2.30. The van der Waals surface area contributed by atoms with Crippen LogP contribution in [-0.2, 0) is 30.5 Å². The largest absolute Gasteiger partial charge is 0.479 e. The zero-order valence-electron chi connectivity index (χ0n) is 13.2. The predicted molar refractivity (Wildman–Crippen MR) is 80.6 cm³/mol. The smallest absolute Gasteiger partial charge is 0.416 e. The van der Waals surface area contributed by atoms with E-state index in [1.54, 1.807) is 0 Å². The van der Waals surface area contributed by atoms with Crippen LogP contribution in [0.3, 0.4) is 0 Å². The van der Waals surface area contributed by atoms with Gasteiger partial charge >= 0.3 is 12.1 Å². The van der Waals surface area contributed by atoms with Crippen LogP contribution in [0.5, 0.6) is 0 Å². The minimum atomic E-state index is -4.71. The summed E-state index contributed by atoms with van der Waals surface area (Å²) in [7, 11) is -4.35. The van der Waals surface area contributed by atoms with Crippen molar-refractivity contribution in [2.24, 2.45) is 0 Å². The number of aliphatic carboxylic acids is 1. The number of nitrogens with one attached hydrogen (secondary N) is 1. The molecule has 0 bridgehead atoms. The lowest BCUT2D eigenvalue weighted by Crippen LogP contribution is -2.51. The number of hydrogen-bond donors (Lipinski definition) is 2. The fraction of sp³-hybridized carbons (Fsp3) is 0.429. The molecular formula is C14H15F3N2O6S. The van der Waals surface area contributed by atoms with Crippen molar-refractivity contribution in [3.05, 3.63) is 29.8 Å². The fourth-order valence-electron chi connectivity index (χ4n) is 2.22. The number of carbonyl (C=O) groups is 2. The molecule has 1 amide bonds. The number of carboxylic acid groups (broad SMARTS) is 1. The van der Waals surface area contributed by atoms with E-state index in [1.165, 1.54) is 0 Å². The molecule has 1 aromatic rings. The van der Waals surface area contributed by atoms with Gasteiger partial charge in [0.15, 0.2) is 6.10 Å². The van der Waals surface area contributed by atoms with Crippen LogP contribution in [0.4, 0.5) is 13.2 Å². The van der Waals surface area contributed by atoms with Crippen molar-refractivity contribution < 1.29 is 41.0 Å². The van der Waals surface area contributed by atoms with Gasteiger partial charge in [-0.3, -0.25) is 4.79 Å². The van der Waals surface area contributed by atoms with Crippen LogP contribution in [0.15, 0.2) is 29.2 Å². The molecule has 1 atom stereocenters. The number of ether oxygens (including phenoxy) is 1. The van der Waals surface area contributed by atoms with Gasteiger partial charge in [0.05, 0.1) is 30.2 Å². The summed E-state index contributed by atoms with van der Waals surface area (Å²) in [5.41, 5.74) is -1.14. The Hall–Kier alpha value is -2.18. The molecule has 0 spiro atoms. The quantitative estimate of drug-likeness (QED) is 0.740. The summed E-state index contributed by atoms with van der Waals surface area (Å²) in [4.78, 5) is 23.4. The van der Waals surface area contributed by atoms with Crippen LogP contribution in [0.1, 0.15) is 5.56 Å². The van der Waals surface area contributed by atoms with Crippen LogP contribution in [0.25, 0.3) is 0 Å². The standard InChI is InChI=1S/C14H15F3N2O6S/c15-14(16,17)9-2-1-3-10(6-9)26(23,24)18-7-12(20)19-4-5-25-11(8-19)13(21)22/h1-3,6,11,18H,4-5,7-8H2,(H,21,22). The highest BCUT2D eigenvalue weighted by Gasteiger charge is 2.32. The van der Waals surface area contributed by atoms with Crippen molar-refractivity contribution in [3.8, 4) is 0 Å². The fourth-order valence-corrected chi connectivity index (χ4v) is 3.24. The van der Waals surface area contributed by atoms with Crippen molar-refractivity contribution in [3.63, 3.8) is 0 Å². The summed E-state index contributed by atoms with van der Waals surface area (Å²) in [6.07, 6.45) is -5.92. The van der Waals surface area contributed by atoms with Gasteiger partial charge in [0.2, 0.25) is 15.9 Å². The van der Waals surface area contributed by atoms with Crippen LogP contribution in [0.2, 0.25) is 0 Å². The molecule has 26 heavy (non-hydrogen) atoms. The van der Waals surface area contributed by atoms with E-state index in [0.29, 0.717) is 6.07 Å². The van der Waals surface area contributed by atoms with Gasteiger partial charge in [-0.25, -0.2) is 17.9 Å². The number of morpholine rings is 1. The van der Waals surface area contributed by atoms with E-state index in [4.69, 9.17) is 9.84 Å². The minimum Gasteiger partial charge on any atom is -0.479 e. The maximum atomic E-state index is 12.7. The van der Waals surface area contributed by atoms with Crippen LogP contribution in [-0.4, -0.2) is 62.6 Å². The number of carbonyl (C=O) groups excluding carboxylic acids is 1. The zero-order valence-corrected chi connectivity index (χ0v) is 14.0. The third-order valence-electron chi connectivity index (χ3n) is 3.58. The Morgan fingerprint density at radius 1 is 1.35 bits per heavy atom. The Kier molecular flexibility index (Phi) is 5.88. The Morgan fingerprint density at radius 2 is 2.04 bits per heavy atom. The van der Waals surface area contributed by atoms with E-state index < -0.39 is 51.2 Å². The second-order valence-electron chi connectivity index (χ2n) is 5.39. The monoisotopic (exact) mass is 396 g/mol. The normalized spacial score (nSPS) is 18.6. The Bertz CT molecular complexity index is 796. The van der Waals surface area contributed by atoms with Gasteiger partial charge in [-0.1, -0.05) is 6.07 Å². The second kappa shape index (κ2) is 7.60. The molecule has 12 heteroatoms. The highest BCUT2D eigenvalue weighted by molar-refractivity contribution is 7.89. The second-order valence-corrected chi connectivity index (χ2v) is 7.15.